The van der Waals surface area contributed by atoms with Gasteiger partial charge in [0.15, 0.2) is 0 Å². The summed E-state index contributed by atoms with van der Waals surface area (Å²) in [5.41, 5.74) is -0.364. The van der Waals surface area contributed by atoms with Crippen molar-refractivity contribution < 1.29 is 18.0 Å². The summed E-state index contributed by atoms with van der Waals surface area (Å²) in [7, 11) is 1.54. The van der Waals surface area contributed by atoms with Gasteiger partial charge < -0.3 is 10.6 Å². The zero-order chi connectivity index (χ0) is 18.6. The van der Waals surface area contributed by atoms with Crippen LogP contribution in [0.5, 0.6) is 0 Å². The van der Waals surface area contributed by atoms with Gasteiger partial charge in [0.1, 0.15) is 5.69 Å². The number of aromatic nitrogens is 1. The highest BCUT2D eigenvalue weighted by Crippen LogP contribution is 2.33. The standard InChI is InChI=1S/C16H15BrF3N3OS/c1-3-25-13-6-9(17)4-5-10(13)15(24)23-11-7-14(16(18,19)20)22-8-12(11)21-2/h4-8,21H,3H2,1-2H3,(H,22,23,24). The largest absolute Gasteiger partial charge is 0.433 e. The van der Waals surface area contributed by atoms with Crippen molar-refractivity contribution in [3.05, 3.63) is 46.2 Å². The van der Waals surface area contributed by atoms with Crippen LogP contribution >= 0.6 is 27.7 Å². The molecule has 1 aromatic carbocycles. The van der Waals surface area contributed by atoms with Crippen LogP contribution < -0.4 is 10.6 Å². The van der Waals surface area contributed by atoms with Crippen LogP contribution in [-0.4, -0.2) is 23.7 Å². The third kappa shape index (κ3) is 4.88. The molecule has 4 nitrogen and oxygen atoms in total. The van der Waals surface area contributed by atoms with Gasteiger partial charge in [0.25, 0.3) is 5.91 Å². The summed E-state index contributed by atoms with van der Waals surface area (Å²) in [5.74, 6) is 0.269. The number of nitrogens with zero attached hydrogens (tertiary/aromatic N) is 1. The lowest BCUT2D eigenvalue weighted by Gasteiger charge is -2.15. The van der Waals surface area contributed by atoms with E-state index < -0.39 is 17.8 Å². The molecule has 0 bridgehead atoms. The van der Waals surface area contributed by atoms with Gasteiger partial charge >= 0.3 is 6.18 Å². The number of pyridine rings is 1. The van der Waals surface area contributed by atoms with Crippen molar-refractivity contribution >= 4 is 45.0 Å². The van der Waals surface area contributed by atoms with Gasteiger partial charge in [-0.1, -0.05) is 22.9 Å². The first-order chi connectivity index (χ1) is 11.8. The minimum atomic E-state index is -4.59. The maximum Gasteiger partial charge on any atom is 0.433 e. The highest BCUT2D eigenvalue weighted by molar-refractivity contribution is 9.10. The lowest BCUT2D eigenvalue weighted by molar-refractivity contribution is -0.141. The number of amides is 1. The van der Waals surface area contributed by atoms with E-state index in [1.54, 1.807) is 18.2 Å². The fourth-order valence-corrected chi connectivity index (χ4v) is 3.41. The van der Waals surface area contributed by atoms with E-state index in [0.717, 1.165) is 27.4 Å². The Labute approximate surface area is 155 Å². The Hall–Kier alpha value is -1.74. The van der Waals surface area contributed by atoms with E-state index in [2.05, 4.69) is 31.5 Å². The highest BCUT2D eigenvalue weighted by atomic mass is 79.9. The van der Waals surface area contributed by atoms with Crippen molar-refractivity contribution in [2.24, 2.45) is 0 Å². The van der Waals surface area contributed by atoms with E-state index in [1.807, 2.05) is 6.92 Å². The SMILES string of the molecule is CCSc1cc(Br)ccc1C(=O)Nc1cc(C(F)(F)F)ncc1NC. The minimum Gasteiger partial charge on any atom is -0.385 e. The fourth-order valence-electron chi connectivity index (χ4n) is 2.06. The van der Waals surface area contributed by atoms with Crippen LogP contribution in [0.1, 0.15) is 23.0 Å². The van der Waals surface area contributed by atoms with Gasteiger partial charge in [0.05, 0.1) is 23.1 Å². The number of benzene rings is 1. The molecule has 134 valence electrons. The molecule has 25 heavy (non-hydrogen) atoms. The summed E-state index contributed by atoms with van der Waals surface area (Å²) >= 11 is 4.82. The maximum atomic E-state index is 12.9. The third-order valence-corrected chi connectivity index (χ3v) is 4.63. The predicted octanol–water partition coefficient (Wildman–Crippen LogP) is 5.27. The molecule has 0 radical (unpaired) electrons. The van der Waals surface area contributed by atoms with Crippen molar-refractivity contribution in [2.75, 3.05) is 23.4 Å². The molecular weight excluding hydrogens is 419 g/mol. The Bertz CT molecular complexity index is 784. The second kappa shape index (κ2) is 8.09. The van der Waals surface area contributed by atoms with Crippen molar-refractivity contribution in [1.29, 1.82) is 0 Å². The van der Waals surface area contributed by atoms with E-state index in [1.165, 1.54) is 18.8 Å². The van der Waals surface area contributed by atoms with Crippen LogP contribution in [0.2, 0.25) is 0 Å². The van der Waals surface area contributed by atoms with Crippen LogP contribution in [0, 0.1) is 0 Å². The van der Waals surface area contributed by atoms with E-state index >= 15 is 0 Å². The van der Waals surface area contributed by atoms with Crippen LogP contribution in [0.3, 0.4) is 0 Å². The Morgan fingerprint density at radius 3 is 2.60 bits per heavy atom. The average Bonchev–Trinajstić information content (AvgIpc) is 2.54. The normalized spacial score (nSPS) is 11.3. The molecule has 0 spiro atoms. The van der Waals surface area contributed by atoms with Gasteiger partial charge in [-0.25, -0.2) is 4.98 Å². The highest BCUT2D eigenvalue weighted by Gasteiger charge is 2.33. The molecule has 0 aliphatic rings. The van der Waals surface area contributed by atoms with Gasteiger partial charge in [0.2, 0.25) is 0 Å². The van der Waals surface area contributed by atoms with Gasteiger partial charge in [-0.05, 0) is 30.0 Å². The first-order valence-electron chi connectivity index (χ1n) is 7.25. The Balaban J connectivity index is 2.37. The van der Waals surface area contributed by atoms with E-state index in [4.69, 9.17) is 0 Å². The smallest absolute Gasteiger partial charge is 0.385 e. The minimum absolute atomic E-state index is 0.0187. The number of nitrogens with one attached hydrogen (secondary N) is 2. The molecule has 0 aliphatic carbocycles. The van der Waals surface area contributed by atoms with Crippen molar-refractivity contribution in [3.8, 4) is 0 Å². The summed E-state index contributed by atoms with van der Waals surface area (Å²) in [5, 5.41) is 5.26. The molecule has 0 atom stereocenters. The molecule has 0 fully saturated rings. The zero-order valence-electron chi connectivity index (χ0n) is 13.4. The van der Waals surface area contributed by atoms with Crippen molar-refractivity contribution in [1.82, 2.24) is 4.98 Å². The molecule has 0 saturated carbocycles. The number of alkyl halides is 3. The Morgan fingerprint density at radius 2 is 2.00 bits per heavy atom. The quantitative estimate of drug-likeness (QED) is 0.630. The van der Waals surface area contributed by atoms with Crippen LogP contribution in [0.15, 0.2) is 39.8 Å². The van der Waals surface area contributed by atoms with E-state index in [-0.39, 0.29) is 5.69 Å². The van der Waals surface area contributed by atoms with Gasteiger partial charge in [0, 0.05) is 16.4 Å². The fraction of sp³-hybridized carbons (Fsp3) is 0.250. The molecule has 9 heteroatoms. The summed E-state index contributed by atoms with van der Waals surface area (Å²) < 4.78 is 39.4. The second-order valence-electron chi connectivity index (χ2n) is 4.89. The third-order valence-electron chi connectivity index (χ3n) is 3.20. The topological polar surface area (TPSA) is 54.0 Å². The second-order valence-corrected chi connectivity index (χ2v) is 7.11. The lowest BCUT2D eigenvalue weighted by Crippen LogP contribution is -2.16. The summed E-state index contributed by atoms with van der Waals surface area (Å²) in [6, 6.07) is 5.95. The molecule has 2 rings (SSSR count). The first kappa shape index (κ1) is 19.6. The lowest BCUT2D eigenvalue weighted by atomic mass is 10.2. The summed E-state index contributed by atoms with van der Waals surface area (Å²) in [6.07, 6.45) is -3.55. The number of thioether (sulfide) groups is 1. The van der Waals surface area contributed by atoms with Crippen LogP contribution in [-0.2, 0) is 6.18 Å². The number of hydrogen-bond acceptors (Lipinski definition) is 4. The first-order valence-corrected chi connectivity index (χ1v) is 9.02. The molecule has 0 saturated heterocycles. The molecule has 2 aromatic rings. The Morgan fingerprint density at radius 1 is 1.28 bits per heavy atom. The molecule has 0 aliphatic heterocycles. The van der Waals surface area contributed by atoms with Crippen LogP contribution in [0.4, 0.5) is 24.5 Å². The molecule has 1 aromatic heterocycles. The predicted molar refractivity (Wildman–Crippen MR) is 97.3 cm³/mol. The summed E-state index contributed by atoms with van der Waals surface area (Å²) in [6.45, 7) is 1.95. The molecular formula is C16H15BrF3N3OS. The van der Waals surface area contributed by atoms with Gasteiger partial charge in [-0.15, -0.1) is 11.8 Å². The van der Waals surface area contributed by atoms with Crippen LogP contribution in [0.25, 0.3) is 0 Å². The number of carbonyl (C=O) groups is 1. The molecule has 0 unspecified atom stereocenters. The van der Waals surface area contributed by atoms with Gasteiger partial charge in [-0.3, -0.25) is 4.79 Å². The van der Waals surface area contributed by atoms with E-state index in [9.17, 15) is 18.0 Å². The number of hydrogen-bond donors (Lipinski definition) is 2. The van der Waals surface area contributed by atoms with Gasteiger partial charge in [-0.2, -0.15) is 13.2 Å². The maximum absolute atomic E-state index is 12.9. The van der Waals surface area contributed by atoms with Crippen molar-refractivity contribution in [2.45, 2.75) is 18.0 Å². The molecule has 1 heterocycles. The number of anilines is 2. The average molecular weight is 434 g/mol. The van der Waals surface area contributed by atoms with Crippen molar-refractivity contribution in [3.63, 3.8) is 0 Å². The summed E-state index contributed by atoms with van der Waals surface area (Å²) in [4.78, 5) is 16.7. The number of rotatable bonds is 5. The monoisotopic (exact) mass is 433 g/mol. The number of halogens is 4. The molecule has 2 N–H and O–H groups in total. The number of carbonyl (C=O) groups excluding carboxylic acids is 1. The Kier molecular flexibility index (Phi) is 6.34. The zero-order valence-corrected chi connectivity index (χ0v) is 15.8. The van der Waals surface area contributed by atoms with E-state index in [0.29, 0.717) is 11.3 Å². The molecule has 1 amide bonds.